The number of benzene rings is 1. The average molecular weight is 300 g/mol. The number of halogens is 1. The number of hydrogen-bond acceptors (Lipinski definition) is 3. The molecule has 0 saturated carbocycles. The molecule has 5 heteroatoms. The normalized spacial score (nSPS) is 12.3. The number of Topliss-reactive ketones (excluding diaryl/α,β-unsaturated/α-hetero) is 1. The van der Waals surface area contributed by atoms with Gasteiger partial charge in [-0.3, -0.25) is 9.59 Å². The lowest BCUT2D eigenvalue weighted by Crippen LogP contribution is -2.44. The maximum atomic E-state index is 11.8. The van der Waals surface area contributed by atoms with Crippen molar-refractivity contribution in [3.8, 4) is 0 Å². The quantitative estimate of drug-likeness (QED) is 0.821. The van der Waals surface area contributed by atoms with Crippen molar-refractivity contribution in [3.63, 3.8) is 0 Å². The van der Waals surface area contributed by atoms with Gasteiger partial charge in [-0.25, -0.2) is 0 Å². The number of rotatable bonds is 6. The third-order valence-electron chi connectivity index (χ3n) is 2.60. The molecule has 0 spiro atoms. The Labute approximate surface area is 123 Å². The van der Waals surface area contributed by atoms with Crippen LogP contribution in [0.15, 0.2) is 29.2 Å². The third-order valence-corrected chi connectivity index (χ3v) is 3.87. The van der Waals surface area contributed by atoms with Crippen LogP contribution in [0.1, 0.15) is 20.8 Å². The summed E-state index contributed by atoms with van der Waals surface area (Å²) in [6.45, 7) is 5.33. The van der Waals surface area contributed by atoms with E-state index in [4.69, 9.17) is 11.6 Å². The summed E-state index contributed by atoms with van der Waals surface area (Å²) in [6, 6.07) is 6.90. The first-order valence-electron chi connectivity index (χ1n) is 6.08. The van der Waals surface area contributed by atoms with Crippen LogP contribution in [0.4, 0.5) is 0 Å². The van der Waals surface area contributed by atoms with E-state index in [1.807, 2.05) is 26.0 Å². The Morgan fingerprint density at radius 3 is 2.32 bits per heavy atom. The average Bonchev–Trinajstić information content (AvgIpc) is 2.34. The number of nitrogens with one attached hydrogen (secondary N) is 1. The van der Waals surface area contributed by atoms with Gasteiger partial charge in [-0.1, -0.05) is 25.4 Å². The highest BCUT2D eigenvalue weighted by atomic mass is 35.5. The molecule has 0 aromatic heterocycles. The molecule has 1 aromatic carbocycles. The highest BCUT2D eigenvalue weighted by Crippen LogP contribution is 2.20. The van der Waals surface area contributed by atoms with Crippen molar-refractivity contribution in [2.45, 2.75) is 31.7 Å². The lowest BCUT2D eigenvalue weighted by Gasteiger charge is -2.19. The largest absolute Gasteiger partial charge is 0.345 e. The summed E-state index contributed by atoms with van der Waals surface area (Å²) in [5.41, 5.74) is 0. The van der Waals surface area contributed by atoms with Crippen LogP contribution in [-0.4, -0.2) is 23.5 Å². The number of amides is 1. The van der Waals surface area contributed by atoms with E-state index < -0.39 is 6.04 Å². The van der Waals surface area contributed by atoms with Crippen LogP contribution in [0.2, 0.25) is 5.02 Å². The second kappa shape index (κ2) is 7.56. The van der Waals surface area contributed by atoms with E-state index in [9.17, 15) is 9.59 Å². The Morgan fingerprint density at radius 2 is 1.84 bits per heavy atom. The van der Waals surface area contributed by atoms with Crippen molar-refractivity contribution in [3.05, 3.63) is 29.3 Å². The SMILES string of the molecule is CC(=O)C(NC(=O)CSc1ccc(Cl)cc1)C(C)C. The Kier molecular flexibility index (Phi) is 6.38. The Hall–Kier alpha value is -1.00. The van der Waals surface area contributed by atoms with Gasteiger partial charge in [-0.05, 0) is 37.1 Å². The molecule has 0 aliphatic carbocycles. The molecule has 0 fully saturated rings. The van der Waals surface area contributed by atoms with Crippen LogP contribution in [0.25, 0.3) is 0 Å². The number of ketones is 1. The summed E-state index contributed by atoms with van der Waals surface area (Å²) in [6.07, 6.45) is 0. The summed E-state index contributed by atoms with van der Waals surface area (Å²) in [7, 11) is 0. The molecular formula is C14H18ClNO2S. The van der Waals surface area contributed by atoms with E-state index in [2.05, 4.69) is 5.32 Å². The zero-order valence-electron chi connectivity index (χ0n) is 11.3. The molecule has 0 heterocycles. The van der Waals surface area contributed by atoms with Gasteiger partial charge in [0.25, 0.3) is 0 Å². The highest BCUT2D eigenvalue weighted by molar-refractivity contribution is 8.00. The van der Waals surface area contributed by atoms with Gasteiger partial charge in [-0.15, -0.1) is 11.8 Å². The van der Waals surface area contributed by atoms with Gasteiger partial charge >= 0.3 is 0 Å². The topological polar surface area (TPSA) is 46.2 Å². The van der Waals surface area contributed by atoms with Crippen LogP contribution in [0.3, 0.4) is 0 Å². The van der Waals surface area contributed by atoms with E-state index in [0.717, 1.165) is 4.90 Å². The molecule has 0 aliphatic rings. The first kappa shape index (κ1) is 16.1. The van der Waals surface area contributed by atoms with Gasteiger partial charge in [-0.2, -0.15) is 0 Å². The van der Waals surface area contributed by atoms with Crippen LogP contribution < -0.4 is 5.32 Å². The Balaban J connectivity index is 2.47. The van der Waals surface area contributed by atoms with Crippen molar-refractivity contribution in [1.29, 1.82) is 0 Å². The molecule has 1 atom stereocenters. The molecule has 19 heavy (non-hydrogen) atoms. The molecule has 3 nitrogen and oxygen atoms in total. The van der Waals surface area contributed by atoms with Gasteiger partial charge < -0.3 is 5.32 Å². The van der Waals surface area contributed by atoms with Gasteiger partial charge in [0.2, 0.25) is 5.91 Å². The van der Waals surface area contributed by atoms with Gasteiger partial charge in [0.15, 0.2) is 5.78 Å². The van der Waals surface area contributed by atoms with E-state index in [1.54, 1.807) is 12.1 Å². The summed E-state index contributed by atoms with van der Waals surface area (Å²) >= 11 is 7.21. The molecule has 1 N–H and O–H groups in total. The lowest BCUT2D eigenvalue weighted by molar-refractivity contribution is -0.126. The smallest absolute Gasteiger partial charge is 0.230 e. The Bertz CT molecular complexity index is 445. The standard InChI is InChI=1S/C14H18ClNO2S/c1-9(2)14(10(3)17)16-13(18)8-19-12-6-4-11(15)5-7-12/h4-7,9,14H,8H2,1-3H3,(H,16,18). The second-order valence-corrected chi connectivity index (χ2v) is 6.13. The van der Waals surface area contributed by atoms with E-state index in [-0.39, 0.29) is 23.4 Å². The van der Waals surface area contributed by atoms with E-state index in [1.165, 1.54) is 18.7 Å². The summed E-state index contributed by atoms with van der Waals surface area (Å²) in [5.74, 6) is 0.244. The van der Waals surface area contributed by atoms with Crippen LogP contribution >= 0.6 is 23.4 Å². The predicted molar refractivity (Wildman–Crippen MR) is 79.6 cm³/mol. The molecule has 0 radical (unpaired) electrons. The summed E-state index contributed by atoms with van der Waals surface area (Å²) in [5, 5.41) is 3.43. The monoisotopic (exact) mass is 299 g/mol. The number of carbonyl (C=O) groups is 2. The minimum absolute atomic E-state index is 0.0140. The predicted octanol–water partition coefficient (Wildman–Crippen LogP) is 3.16. The van der Waals surface area contributed by atoms with E-state index in [0.29, 0.717) is 5.02 Å². The summed E-state index contributed by atoms with van der Waals surface area (Å²) in [4.78, 5) is 24.2. The van der Waals surface area contributed by atoms with Crippen LogP contribution in [0.5, 0.6) is 0 Å². The van der Waals surface area contributed by atoms with Gasteiger partial charge in [0.1, 0.15) is 0 Å². The lowest BCUT2D eigenvalue weighted by atomic mass is 10.0. The van der Waals surface area contributed by atoms with Gasteiger partial charge in [0, 0.05) is 9.92 Å². The third kappa shape index (κ3) is 5.66. The molecule has 104 valence electrons. The van der Waals surface area contributed by atoms with Crippen molar-refractivity contribution in [1.82, 2.24) is 5.32 Å². The number of thioether (sulfide) groups is 1. The maximum Gasteiger partial charge on any atom is 0.230 e. The van der Waals surface area contributed by atoms with E-state index >= 15 is 0 Å². The van der Waals surface area contributed by atoms with Crippen molar-refractivity contribution < 1.29 is 9.59 Å². The Morgan fingerprint density at radius 1 is 1.26 bits per heavy atom. The molecule has 1 unspecified atom stereocenters. The minimum Gasteiger partial charge on any atom is -0.345 e. The van der Waals surface area contributed by atoms with Gasteiger partial charge in [0.05, 0.1) is 11.8 Å². The second-order valence-electron chi connectivity index (χ2n) is 4.64. The fraction of sp³-hybridized carbons (Fsp3) is 0.429. The first-order chi connectivity index (χ1) is 8.90. The van der Waals surface area contributed by atoms with Crippen LogP contribution in [0, 0.1) is 5.92 Å². The molecular weight excluding hydrogens is 282 g/mol. The molecule has 0 bridgehead atoms. The zero-order valence-corrected chi connectivity index (χ0v) is 12.8. The maximum absolute atomic E-state index is 11.8. The minimum atomic E-state index is -0.404. The summed E-state index contributed by atoms with van der Waals surface area (Å²) < 4.78 is 0. The number of carbonyl (C=O) groups excluding carboxylic acids is 2. The molecule has 1 aromatic rings. The number of hydrogen-bond donors (Lipinski definition) is 1. The molecule has 0 saturated heterocycles. The molecule has 1 amide bonds. The van der Waals surface area contributed by atoms with Crippen molar-refractivity contribution in [2.75, 3.05) is 5.75 Å². The zero-order chi connectivity index (χ0) is 14.4. The highest BCUT2D eigenvalue weighted by Gasteiger charge is 2.20. The van der Waals surface area contributed by atoms with Crippen molar-refractivity contribution in [2.24, 2.45) is 5.92 Å². The van der Waals surface area contributed by atoms with Crippen LogP contribution in [-0.2, 0) is 9.59 Å². The molecule has 0 aliphatic heterocycles. The fourth-order valence-corrected chi connectivity index (χ4v) is 2.47. The fourth-order valence-electron chi connectivity index (χ4n) is 1.63. The molecule has 1 rings (SSSR count). The first-order valence-corrected chi connectivity index (χ1v) is 7.44. The van der Waals surface area contributed by atoms with Crippen molar-refractivity contribution >= 4 is 35.1 Å².